The summed E-state index contributed by atoms with van der Waals surface area (Å²) in [6.07, 6.45) is 1.57. The maximum atomic E-state index is 11.6. The van der Waals surface area contributed by atoms with Crippen molar-refractivity contribution in [2.45, 2.75) is 0 Å². The van der Waals surface area contributed by atoms with Gasteiger partial charge in [0.2, 0.25) is 0 Å². The van der Waals surface area contributed by atoms with Crippen molar-refractivity contribution in [1.82, 2.24) is 9.55 Å². The molecule has 0 aliphatic rings. The number of methoxy groups -OCH3 is 1. The van der Waals surface area contributed by atoms with Gasteiger partial charge in [0.05, 0.1) is 12.8 Å². The molecule has 0 radical (unpaired) electrons. The lowest BCUT2D eigenvalue weighted by Gasteiger charge is -2.09. The first-order valence-corrected chi connectivity index (χ1v) is 4.71. The van der Waals surface area contributed by atoms with Gasteiger partial charge in [-0.25, -0.2) is 4.79 Å². The Balaban J connectivity index is 2.63. The first-order chi connectivity index (χ1) is 7.72. The van der Waals surface area contributed by atoms with Gasteiger partial charge in [-0.05, 0) is 18.2 Å². The zero-order chi connectivity index (χ0) is 11.5. The second-order valence-electron chi connectivity index (χ2n) is 3.18. The minimum Gasteiger partial charge on any atom is -0.495 e. The molecule has 1 heterocycles. The largest absolute Gasteiger partial charge is 0.495 e. The Kier molecular flexibility index (Phi) is 2.59. The van der Waals surface area contributed by atoms with Gasteiger partial charge in [-0.2, -0.15) is 4.98 Å². The highest BCUT2D eigenvalue weighted by Gasteiger charge is 2.06. The third-order valence-electron chi connectivity index (χ3n) is 2.17. The van der Waals surface area contributed by atoms with Crippen LogP contribution in [0.15, 0.2) is 41.3 Å². The lowest BCUT2D eigenvalue weighted by molar-refractivity contribution is 0.412. The first kappa shape index (κ1) is 10.2. The lowest BCUT2D eigenvalue weighted by atomic mass is 10.3. The van der Waals surface area contributed by atoms with Crippen LogP contribution in [0.25, 0.3) is 5.69 Å². The van der Waals surface area contributed by atoms with Crippen molar-refractivity contribution in [3.8, 4) is 11.4 Å². The van der Waals surface area contributed by atoms with Gasteiger partial charge < -0.3 is 10.5 Å². The van der Waals surface area contributed by atoms with Crippen LogP contribution < -0.4 is 16.2 Å². The fourth-order valence-corrected chi connectivity index (χ4v) is 1.43. The van der Waals surface area contributed by atoms with E-state index in [4.69, 9.17) is 10.5 Å². The number of rotatable bonds is 2. The monoisotopic (exact) mass is 217 g/mol. The van der Waals surface area contributed by atoms with Gasteiger partial charge in [0.15, 0.2) is 0 Å². The van der Waals surface area contributed by atoms with Crippen LogP contribution in [0.2, 0.25) is 0 Å². The van der Waals surface area contributed by atoms with E-state index >= 15 is 0 Å². The van der Waals surface area contributed by atoms with Crippen LogP contribution in [0.5, 0.6) is 5.75 Å². The molecule has 1 aromatic carbocycles. The number of aromatic nitrogens is 2. The minimum atomic E-state index is -0.426. The Morgan fingerprint density at radius 2 is 2.06 bits per heavy atom. The summed E-state index contributed by atoms with van der Waals surface area (Å²) < 4.78 is 6.55. The molecule has 0 amide bonds. The van der Waals surface area contributed by atoms with E-state index in [2.05, 4.69) is 4.98 Å². The van der Waals surface area contributed by atoms with Crippen molar-refractivity contribution in [2.24, 2.45) is 0 Å². The normalized spacial score (nSPS) is 10.1. The maximum Gasteiger partial charge on any atom is 0.354 e. The second kappa shape index (κ2) is 4.06. The molecule has 5 heteroatoms. The van der Waals surface area contributed by atoms with E-state index in [1.54, 1.807) is 31.5 Å². The molecule has 2 rings (SSSR count). The number of anilines is 1. The van der Waals surface area contributed by atoms with E-state index < -0.39 is 5.69 Å². The summed E-state index contributed by atoms with van der Waals surface area (Å²) in [5.41, 5.74) is 5.64. The number of nitrogens with two attached hydrogens (primary N) is 1. The second-order valence-corrected chi connectivity index (χ2v) is 3.18. The van der Waals surface area contributed by atoms with Crippen LogP contribution in [0.4, 0.5) is 5.82 Å². The van der Waals surface area contributed by atoms with Gasteiger partial charge in [0, 0.05) is 6.20 Å². The summed E-state index contributed by atoms with van der Waals surface area (Å²) in [6, 6.07) is 8.77. The van der Waals surface area contributed by atoms with Crippen LogP contribution in [0, 0.1) is 0 Å². The molecule has 16 heavy (non-hydrogen) atoms. The number of nitrogens with zero attached hydrogens (tertiary/aromatic N) is 2. The summed E-state index contributed by atoms with van der Waals surface area (Å²) in [5.74, 6) is 0.812. The molecule has 0 unspecified atom stereocenters. The Bertz CT molecular complexity index is 563. The molecule has 0 bridgehead atoms. The van der Waals surface area contributed by atoms with Gasteiger partial charge >= 0.3 is 5.69 Å². The Morgan fingerprint density at radius 1 is 1.31 bits per heavy atom. The van der Waals surface area contributed by atoms with E-state index in [0.717, 1.165) is 0 Å². The van der Waals surface area contributed by atoms with Gasteiger partial charge in [-0.15, -0.1) is 0 Å². The van der Waals surface area contributed by atoms with Crippen LogP contribution in [0.3, 0.4) is 0 Å². The highest BCUT2D eigenvalue weighted by molar-refractivity contribution is 5.46. The zero-order valence-corrected chi connectivity index (χ0v) is 8.75. The quantitative estimate of drug-likeness (QED) is 0.808. The number of nitrogen functional groups attached to an aromatic ring is 1. The Morgan fingerprint density at radius 3 is 2.75 bits per heavy atom. The van der Waals surface area contributed by atoms with Crippen LogP contribution in [-0.2, 0) is 0 Å². The van der Waals surface area contributed by atoms with Crippen molar-refractivity contribution in [1.29, 1.82) is 0 Å². The third-order valence-corrected chi connectivity index (χ3v) is 2.17. The molecule has 2 aromatic rings. The molecule has 0 spiro atoms. The van der Waals surface area contributed by atoms with Gasteiger partial charge in [0.1, 0.15) is 11.6 Å². The van der Waals surface area contributed by atoms with Crippen molar-refractivity contribution in [3.05, 3.63) is 47.0 Å². The van der Waals surface area contributed by atoms with Crippen molar-refractivity contribution < 1.29 is 4.74 Å². The fraction of sp³-hybridized carbons (Fsp3) is 0.0909. The highest BCUT2D eigenvalue weighted by atomic mass is 16.5. The topological polar surface area (TPSA) is 70.1 Å². The molecule has 0 saturated heterocycles. The molecule has 0 saturated carbocycles. The van der Waals surface area contributed by atoms with Gasteiger partial charge in [0.25, 0.3) is 0 Å². The molecule has 1 aromatic heterocycles. The molecular weight excluding hydrogens is 206 g/mol. The number of hydrogen-bond donors (Lipinski definition) is 1. The predicted octanol–water partition coefficient (Wildman–Crippen LogP) is 0.823. The fourth-order valence-electron chi connectivity index (χ4n) is 1.43. The van der Waals surface area contributed by atoms with E-state index in [1.165, 1.54) is 4.57 Å². The van der Waals surface area contributed by atoms with E-state index in [0.29, 0.717) is 11.4 Å². The molecule has 82 valence electrons. The minimum absolute atomic E-state index is 0.205. The summed E-state index contributed by atoms with van der Waals surface area (Å²) in [5, 5.41) is 0. The number of para-hydroxylation sites is 2. The average Bonchev–Trinajstić information content (AvgIpc) is 2.29. The van der Waals surface area contributed by atoms with Crippen molar-refractivity contribution in [2.75, 3.05) is 12.8 Å². The molecular formula is C11H11N3O2. The average molecular weight is 217 g/mol. The van der Waals surface area contributed by atoms with E-state index in [1.807, 2.05) is 12.1 Å². The molecule has 0 aliphatic carbocycles. The van der Waals surface area contributed by atoms with Crippen LogP contribution in [0.1, 0.15) is 0 Å². The zero-order valence-electron chi connectivity index (χ0n) is 8.75. The van der Waals surface area contributed by atoms with Gasteiger partial charge in [-0.1, -0.05) is 12.1 Å². The number of hydrogen-bond acceptors (Lipinski definition) is 4. The maximum absolute atomic E-state index is 11.6. The SMILES string of the molecule is COc1ccccc1-n1ccc(N)nc1=O. The molecule has 0 atom stereocenters. The van der Waals surface area contributed by atoms with Crippen molar-refractivity contribution in [3.63, 3.8) is 0 Å². The third kappa shape index (κ3) is 1.75. The first-order valence-electron chi connectivity index (χ1n) is 4.71. The Labute approximate surface area is 92.1 Å². The molecule has 2 N–H and O–H groups in total. The summed E-state index contributed by atoms with van der Waals surface area (Å²) >= 11 is 0. The van der Waals surface area contributed by atoms with Crippen LogP contribution >= 0.6 is 0 Å². The van der Waals surface area contributed by atoms with Crippen molar-refractivity contribution >= 4 is 5.82 Å². The summed E-state index contributed by atoms with van der Waals surface area (Å²) in [7, 11) is 1.55. The van der Waals surface area contributed by atoms with E-state index in [-0.39, 0.29) is 5.82 Å². The smallest absolute Gasteiger partial charge is 0.354 e. The summed E-state index contributed by atoms with van der Waals surface area (Å²) in [6.45, 7) is 0. The number of benzene rings is 1. The van der Waals surface area contributed by atoms with Crippen LogP contribution in [-0.4, -0.2) is 16.7 Å². The Hall–Kier alpha value is -2.30. The summed E-state index contributed by atoms with van der Waals surface area (Å²) in [4.78, 5) is 15.3. The molecule has 5 nitrogen and oxygen atoms in total. The van der Waals surface area contributed by atoms with Gasteiger partial charge in [-0.3, -0.25) is 4.57 Å². The highest BCUT2D eigenvalue weighted by Crippen LogP contribution is 2.20. The lowest BCUT2D eigenvalue weighted by Crippen LogP contribution is -2.21. The standard InChI is InChI=1S/C11H11N3O2/c1-16-9-5-3-2-4-8(9)14-7-6-10(12)13-11(14)15/h2-7H,1H3,(H2,12,13,15). The predicted molar refractivity (Wildman–Crippen MR) is 60.8 cm³/mol. The number of ether oxygens (including phenoxy) is 1. The molecule has 0 fully saturated rings. The van der Waals surface area contributed by atoms with E-state index in [9.17, 15) is 4.79 Å². The molecule has 0 aliphatic heterocycles.